The number of likely N-dealkylation sites (tertiary alicyclic amines) is 1. The van der Waals surface area contributed by atoms with Crippen LogP contribution in [0.2, 0.25) is 0 Å². The van der Waals surface area contributed by atoms with Crippen molar-refractivity contribution in [3.05, 3.63) is 29.3 Å². The Kier molecular flexibility index (Phi) is 3.74. The monoisotopic (exact) mass is 262 g/mol. The zero-order chi connectivity index (χ0) is 14.0. The summed E-state index contributed by atoms with van der Waals surface area (Å²) in [7, 11) is 1.34. The lowest BCUT2D eigenvalue weighted by atomic mass is 10.1. The molecule has 1 fully saturated rings. The summed E-state index contributed by atoms with van der Waals surface area (Å²) in [5.74, 6) is -0.509. The van der Waals surface area contributed by atoms with Gasteiger partial charge in [-0.1, -0.05) is 6.07 Å². The second-order valence-electron chi connectivity index (χ2n) is 4.75. The summed E-state index contributed by atoms with van der Waals surface area (Å²) in [5, 5.41) is 0. The van der Waals surface area contributed by atoms with Crippen LogP contribution < -0.4 is 5.73 Å². The number of nitrogen functional groups attached to an aromatic ring is 1. The third-order valence-electron chi connectivity index (χ3n) is 3.48. The molecule has 1 heterocycles. The fourth-order valence-electron chi connectivity index (χ4n) is 2.42. The number of benzene rings is 1. The van der Waals surface area contributed by atoms with E-state index in [-0.39, 0.29) is 11.9 Å². The maximum atomic E-state index is 12.5. The highest BCUT2D eigenvalue weighted by Gasteiger charge is 2.35. The summed E-state index contributed by atoms with van der Waals surface area (Å²) in [6.07, 6.45) is 1.46. The topological polar surface area (TPSA) is 72.6 Å². The van der Waals surface area contributed by atoms with Crippen molar-refractivity contribution in [3.63, 3.8) is 0 Å². The Labute approximate surface area is 112 Å². The number of aryl methyl sites for hydroxylation is 1. The smallest absolute Gasteiger partial charge is 0.328 e. The van der Waals surface area contributed by atoms with Crippen LogP contribution in [0, 0.1) is 6.92 Å². The molecule has 102 valence electrons. The number of esters is 1. The first-order valence-electron chi connectivity index (χ1n) is 6.29. The van der Waals surface area contributed by atoms with Gasteiger partial charge in [0.15, 0.2) is 0 Å². The van der Waals surface area contributed by atoms with Crippen molar-refractivity contribution >= 4 is 17.6 Å². The third-order valence-corrected chi connectivity index (χ3v) is 3.48. The second-order valence-corrected chi connectivity index (χ2v) is 4.75. The molecule has 0 saturated carbocycles. The number of carbonyl (C=O) groups excluding carboxylic acids is 2. The number of rotatable bonds is 2. The molecule has 1 aromatic carbocycles. The molecule has 1 unspecified atom stereocenters. The molecule has 1 aromatic rings. The molecule has 2 N–H and O–H groups in total. The highest BCUT2D eigenvalue weighted by molar-refractivity contribution is 5.99. The highest BCUT2D eigenvalue weighted by atomic mass is 16.5. The molecule has 0 radical (unpaired) electrons. The van der Waals surface area contributed by atoms with Crippen molar-refractivity contribution < 1.29 is 14.3 Å². The Hall–Kier alpha value is -2.04. The van der Waals surface area contributed by atoms with Crippen molar-refractivity contribution in [2.75, 3.05) is 19.4 Å². The standard InChI is InChI=1S/C14H18N2O3/c1-9-5-6-10(15)8-11(9)13(17)16-7-3-4-12(16)14(18)19-2/h5-6,8,12H,3-4,7,15H2,1-2H3. The van der Waals surface area contributed by atoms with Crippen LogP contribution in [0.15, 0.2) is 18.2 Å². The van der Waals surface area contributed by atoms with Crippen LogP contribution in [-0.2, 0) is 9.53 Å². The Balaban J connectivity index is 2.28. The van der Waals surface area contributed by atoms with Gasteiger partial charge >= 0.3 is 5.97 Å². The van der Waals surface area contributed by atoms with Crippen molar-refractivity contribution in [1.29, 1.82) is 0 Å². The Morgan fingerprint density at radius 1 is 1.42 bits per heavy atom. The minimum atomic E-state index is -0.474. The quantitative estimate of drug-likeness (QED) is 0.645. The van der Waals surface area contributed by atoms with Crippen LogP contribution in [0.4, 0.5) is 5.69 Å². The van der Waals surface area contributed by atoms with Crippen LogP contribution in [0.1, 0.15) is 28.8 Å². The lowest BCUT2D eigenvalue weighted by Gasteiger charge is -2.23. The average Bonchev–Trinajstić information content (AvgIpc) is 2.89. The van der Waals surface area contributed by atoms with Crippen molar-refractivity contribution in [3.8, 4) is 0 Å². The highest BCUT2D eigenvalue weighted by Crippen LogP contribution is 2.23. The van der Waals surface area contributed by atoms with Gasteiger partial charge in [0.05, 0.1) is 7.11 Å². The van der Waals surface area contributed by atoms with E-state index in [2.05, 4.69) is 0 Å². The molecule has 0 spiro atoms. The maximum absolute atomic E-state index is 12.5. The SMILES string of the molecule is COC(=O)C1CCCN1C(=O)c1cc(N)ccc1C. The Bertz CT molecular complexity index is 513. The molecule has 5 nitrogen and oxygen atoms in total. The zero-order valence-electron chi connectivity index (χ0n) is 11.2. The predicted octanol–water partition coefficient (Wildman–Crippen LogP) is 1.35. The van der Waals surface area contributed by atoms with E-state index in [9.17, 15) is 9.59 Å². The summed E-state index contributed by atoms with van der Waals surface area (Å²) in [4.78, 5) is 25.8. The van der Waals surface area contributed by atoms with Gasteiger partial charge < -0.3 is 15.4 Å². The van der Waals surface area contributed by atoms with E-state index >= 15 is 0 Å². The number of hydrogen-bond donors (Lipinski definition) is 1. The van der Waals surface area contributed by atoms with E-state index in [4.69, 9.17) is 10.5 Å². The van der Waals surface area contributed by atoms with Crippen molar-refractivity contribution in [2.24, 2.45) is 0 Å². The van der Waals surface area contributed by atoms with E-state index in [1.54, 1.807) is 17.0 Å². The molecule has 19 heavy (non-hydrogen) atoms. The number of hydrogen-bond acceptors (Lipinski definition) is 4. The number of nitrogens with zero attached hydrogens (tertiary/aromatic N) is 1. The molecular weight excluding hydrogens is 244 g/mol. The largest absolute Gasteiger partial charge is 0.467 e. The number of methoxy groups -OCH3 is 1. The summed E-state index contributed by atoms with van der Waals surface area (Å²) < 4.78 is 4.75. The van der Waals surface area contributed by atoms with Gasteiger partial charge in [-0.2, -0.15) is 0 Å². The summed E-state index contributed by atoms with van der Waals surface area (Å²) in [5.41, 5.74) is 7.67. The lowest BCUT2D eigenvalue weighted by Crippen LogP contribution is -2.41. The number of nitrogens with two attached hydrogens (primary N) is 1. The summed E-state index contributed by atoms with van der Waals surface area (Å²) in [6, 6.07) is 4.75. The van der Waals surface area contributed by atoms with E-state index < -0.39 is 6.04 Å². The first-order valence-corrected chi connectivity index (χ1v) is 6.29. The van der Waals surface area contributed by atoms with Gasteiger partial charge in [0, 0.05) is 17.8 Å². The molecule has 2 rings (SSSR count). The van der Waals surface area contributed by atoms with E-state index in [0.29, 0.717) is 24.2 Å². The molecule has 0 bridgehead atoms. The fourth-order valence-corrected chi connectivity index (χ4v) is 2.42. The second kappa shape index (κ2) is 5.30. The number of anilines is 1. The van der Waals surface area contributed by atoms with Crippen LogP contribution in [0.25, 0.3) is 0 Å². The van der Waals surface area contributed by atoms with Crippen molar-refractivity contribution in [1.82, 2.24) is 4.90 Å². The van der Waals surface area contributed by atoms with Gasteiger partial charge in [0.1, 0.15) is 6.04 Å². The van der Waals surface area contributed by atoms with E-state index in [1.807, 2.05) is 13.0 Å². The van der Waals surface area contributed by atoms with Gasteiger partial charge in [-0.15, -0.1) is 0 Å². The Morgan fingerprint density at radius 3 is 2.84 bits per heavy atom. The first kappa shape index (κ1) is 13.4. The molecule has 1 aliphatic heterocycles. The number of ether oxygens (including phenoxy) is 1. The van der Waals surface area contributed by atoms with Gasteiger partial charge in [-0.25, -0.2) is 4.79 Å². The Morgan fingerprint density at radius 2 is 2.16 bits per heavy atom. The molecule has 1 aliphatic rings. The molecule has 5 heteroatoms. The minimum absolute atomic E-state index is 0.155. The van der Waals surface area contributed by atoms with Gasteiger partial charge in [0.25, 0.3) is 5.91 Å². The van der Waals surface area contributed by atoms with Gasteiger partial charge in [-0.3, -0.25) is 4.79 Å². The molecule has 1 saturated heterocycles. The van der Waals surface area contributed by atoms with Gasteiger partial charge in [0.2, 0.25) is 0 Å². The van der Waals surface area contributed by atoms with Crippen LogP contribution in [0.5, 0.6) is 0 Å². The minimum Gasteiger partial charge on any atom is -0.467 e. The zero-order valence-corrected chi connectivity index (χ0v) is 11.2. The molecule has 1 atom stereocenters. The summed E-state index contributed by atoms with van der Waals surface area (Å²) in [6.45, 7) is 2.43. The first-order chi connectivity index (χ1) is 9.04. The van der Waals surface area contributed by atoms with Crippen LogP contribution in [0.3, 0.4) is 0 Å². The van der Waals surface area contributed by atoms with Gasteiger partial charge in [-0.05, 0) is 37.5 Å². The molecular formula is C14H18N2O3. The third kappa shape index (κ3) is 2.54. The van der Waals surface area contributed by atoms with Crippen molar-refractivity contribution in [2.45, 2.75) is 25.8 Å². The summed E-state index contributed by atoms with van der Waals surface area (Å²) >= 11 is 0. The average molecular weight is 262 g/mol. The fraction of sp³-hybridized carbons (Fsp3) is 0.429. The van der Waals surface area contributed by atoms with E-state index in [0.717, 1.165) is 12.0 Å². The lowest BCUT2D eigenvalue weighted by molar-refractivity contribution is -0.145. The normalized spacial score (nSPS) is 18.4. The molecule has 0 aliphatic carbocycles. The molecule has 0 aromatic heterocycles. The molecule has 1 amide bonds. The predicted molar refractivity (Wildman–Crippen MR) is 71.7 cm³/mol. The van der Waals surface area contributed by atoms with Crippen LogP contribution >= 0.6 is 0 Å². The van der Waals surface area contributed by atoms with E-state index in [1.165, 1.54) is 7.11 Å². The maximum Gasteiger partial charge on any atom is 0.328 e. The van der Waals surface area contributed by atoms with Crippen LogP contribution in [-0.4, -0.2) is 36.5 Å². The number of carbonyl (C=O) groups is 2. The number of amides is 1.